The van der Waals surface area contributed by atoms with Crippen molar-refractivity contribution in [1.82, 2.24) is 9.55 Å². The van der Waals surface area contributed by atoms with E-state index < -0.39 is 23.1 Å². The molecule has 4 N–H and O–H groups in total. The standard InChI is InChI=1S/C22H23N5O5/c1-26(13-17(28)24-16-10-8-15(9-11-16)21(30)32-2)18-19(23)27(22(31)25-20(18)29)12-14-6-4-3-5-7-14/h3-11H,12-13,23H2,1-2H3,(H,24,28)(H,25,29,31). The van der Waals surface area contributed by atoms with Gasteiger partial charge in [0.1, 0.15) is 11.5 Å². The number of hydrogen-bond acceptors (Lipinski definition) is 7. The van der Waals surface area contributed by atoms with Gasteiger partial charge in [-0.1, -0.05) is 30.3 Å². The number of methoxy groups -OCH3 is 1. The summed E-state index contributed by atoms with van der Waals surface area (Å²) in [5.41, 5.74) is 6.48. The number of nitrogens with zero attached hydrogens (tertiary/aromatic N) is 2. The molecule has 0 bridgehead atoms. The van der Waals surface area contributed by atoms with Crippen molar-refractivity contribution < 1.29 is 14.3 Å². The van der Waals surface area contributed by atoms with Crippen molar-refractivity contribution in [3.8, 4) is 0 Å². The summed E-state index contributed by atoms with van der Waals surface area (Å²) in [6.45, 7) is -0.0303. The second-order valence-corrected chi connectivity index (χ2v) is 7.04. The minimum atomic E-state index is -0.686. The maximum absolute atomic E-state index is 12.5. The smallest absolute Gasteiger partial charge is 0.337 e. The van der Waals surface area contributed by atoms with Crippen molar-refractivity contribution in [3.05, 3.63) is 86.6 Å². The molecule has 0 spiro atoms. The molecule has 10 heteroatoms. The summed E-state index contributed by atoms with van der Waals surface area (Å²) in [5, 5.41) is 2.68. The molecule has 1 aromatic heterocycles. The number of ether oxygens (including phenoxy) is 1. The van der Waals surface area contributed by atoms with Crippen LogP contribution in [0.4, 0.5) is 17.2 Å². The minimum absolute atomic E-state index is 0.0109. The monoisotopic (exact) mass is 437 g/mol. The highest BCUT2D eigenvalue weighted by atomic mass is 16.5. The second kappa shape index (κ2) is 9.65. The molecule has 10 nitrogen and oxygen atoms in total. The molecule has 166 valence electrons. The van der Waals surface area contributed by atoms with Gasteiger partial charge in [-0.25, -0.2) is 9.59 Å². The van der Waals surface area contributed by atoms with Gasteiger partial charge in [-0.3, -0.25) is 19.1 Å². The molecule has 3 aromatic rings. The number of aromatic nitrogens is 2. The van der Waals surface area contributed by atoms with E-state index in [-0.39, 0.29) is 24.6 Å². The number of benzene rings is 2. The van der Waals surface area contributed by atoms with Crippen molar-refractivity contribution in [2.45, 2.75) is 6.54 Å². The van der Waals surface area contributed by atoms with Gasteiger partial charge in [0.15, 0.2) is 0 Å². The van der Waals surface area contributed by atoms with Gasteiger partial charge >= 0.3 is 11.7 Å². The number of carbonyl (C=O) groups excluding carboxylic acids is 2. The molecular formula is C22H23N5O5. The third kappa shape index (κ3) is 5.04. The highest BCUT2D eigenvalue weighted by molar-refractivity contribution is 5.95. The molecular weight excluding hydrogens is 414 g/mol. The first-order valence-electron chi connectivity index (χ1n) is 9.66. The number of aromatic amines is 1. The SMILES string of the molecule is COC(=O)c1ccc(NC(=O)CN(C)c2c(N)n(Cc3ccccc3)c(=O)[nH]c2=O)cc1. The summed E-state index contributed by atoms with van der Waals surface area (Å²) < 4.78 is 5.88. The van der Waals surface area contributed by atoms with Crippen LogP contribution in [-0.4, -0.2) is 42.1 Å². The lowest BCUT2D eigenvalue weighted by molar-refractivity contribution is -0.114. The zero-order valence-corrected chi connectivity index (χ0v) is 17.6. The Morgan fingerprint density at radius 2 is 1.75 bits per heavy atom. The van der Waals surface area contributed by atoms with Crippen molar-refractivity contribution in [1.29, 1.82) is 0 Å². The molecule has 1 amide bonds. The van der Waals surface area contributed by atoms with Crippen LogP contribution in [0.3, 0.4) is 0 Å². The van der Waals surface area contributed by atoms with E-state index in [1.807, 2.05) is 30.3 Å². The molecule has 2 aromatic carbocycles. The fourth-order valence-electron chi connectivity index (χ4n) is 3.17. The third-order valence-corrected chi connectivity index (χ3v) is 4.75. The maximum atomic E-state index is 12.5. The Bertz CT molecular complexity index is 1230. The van der Waals surface area contributed by atoms with E-state index in [9.17, 15) is 19.2 Å². The summed E-state index contributed by atoms with van der Waals surface area (Å²) in [6.07, 6.45) is 0. The number of hydrogen-bond donors (Lipinski definition) is 3. The van der Waals surface area contributed by atoms with Gasteiger partial charge in [0, 0.05) is 12.7 Å². The van der Waals surface area contributed by atoms with Gasteiger partial charge in [-0.2, -0.15) is 0 Å². The molecule has 32 heavy (non-hydrogen) atoms. The fourth-order valence-corrected chi connectivity index (χ4v) is 3.17. The molecule has 0 fully saturated rings. The van der Waals surface area contributed by atoms with E-state index in [1.165, 1.54) is 35.8 Å². The van der Waals surface area contributed by atoms with Gasteiger partial charge < -0.3 is 20.7 Å². The van der Waals surface area contributed by atoms with Gasteiger partial charge in [-0.15, -0.1) is 0 Å². The molecule has 1 heterocycles. The lowest BCUT2D eigenvalue weighted by Gasteiger charge is -2.21. The minimum Gasteiger partial charge on any atom is -0.465 e. The Hall–Kier alpha value is -4.34. The van der Waals surface area contributed by atoms with E-state index >= 15 is 0 Å². The van der Waals surface area contributed by atoms with Crippen LogP contribution in [-0.2, 0) is 16.1 Å². The van der Waals surface area contributed by atoms with Gasteiger partial charge in [-0.05, 0) is 29.8 Å². The summed E-state index contributed by atoms with van der Waals surface area (Å²) in [7, 11) is 2.81. The van der Waals surface area contributed by atoms with Gasteiger partial charge in [0.2, 0.25) is 5.91 Å². The number of amides is 1. The van der Waals surface area contributed by atoms with Crippen LogP contribution >= 0.6 is 0 Å². The molecule has 0 saturated carbocycles. The highest BCUT2D eigenvalue weighted by Crippen LogP contribution is 2.17. The zero-order chi connectivity index (χ0) is 23.3. The largest absolute Gasteiger partial charge is 0.465 e. The summed E-state index contributed by atoms with van der Waals surface area (Å²) in [4.78, 5) is 52.3. The summed E-state index contributed by atoms with van der Waals surface area (Å²) >= 11 is 0. The third-order valence-electron chi connectivity index (χ3n) is 4.75. The molecule has 0 aliphatic heterocycles. The van der Waals surface area contributed by atoms with Crippen LogP contribution in [0.5, 0.6) is 0 Å². The molecule has 0 aliphatic carbocycles. The quantitative estimate of drug-likeness (QED) is 0.469. The van der Waals surface area contributed by atoms with E-state index in [4.69, 9.17) is 5.73 Å². The number of nitrogens with two attached hydrogens (primary N) is 1. The lowest BCUT2D eigenvalue weighted by atomic mass is 10.2. The topological polar surface area (TPSA) is 140 Å². The lowest BCUT2D eigenvalue weighted by Crippen LogP contribution is -2.39. The van der Waals surface area contributed by atoms with Crippen LogP contribution in [0, 0.1) is 0 Å². The Labute approximate surface area is 183 Å². The molecule has 0 radical (unpaired) electrons. The van der Waals surface area contributed by atoms with E-state index in [0.29, 0.717) is 11.3 Å². The van der Waals surface area contributed by atoms with Crippen molar-refractivity contribution in [2.75, 3.05) is 36.7 Å². The van der Waals surface area contributed by atoms with Crippen LogP contribution in [0.25, 0.3) is 0 Å². The number of carbonyl (C=O) groups is 2. The van der Waals surface area contributed by atoms with Gasteiger partial charge in [0.25, 0.3) is 5.56 Å². The summed E-state index contributed by atoms with van der Waals surface area (Å²) in [6, 6.07) is 15.3. The van der Waals surface area contributed by atoms with E-state index in [2.05, 4.69) is 15.0 Å². The number of anilines is 3. The molecule has 3 rings (SSSR count). The van der Waals surface area contributed by atoms with Crippen LogP contribution < -0.4 is 27.2 Å². The predicted molar refractivity (Wildman–Crippen MR) is 121 cm³/mol. The maximum Gasteiger partial charge on any atom is 0.337 e. The Kier molecular flexibility index (Phi) is 6.74. The Morgan fingerprint density at radius 3 is 2.38 bits per heavy atom. The number of nitrogen functional groups attached to an aromatic ring is 1. The molecule has 0 aliphatic rings. The number of H-pyrrole nitrogens is 1. The molecule has 0 unspecified atom stereocenters. The number of nitrogens with one attached hydrogen (secondary N) is 2. The van der Waals surface area contributed by atoms with E-state index in [0.717, 1.165) is 5.56 Å². The molecule has 0 saturated heterocycles. The van der Waals surface area contributed by atoms with Crippen molar-refractivity contribution in [3.63, 3.8) is 0 Å². The number of rotatable bonds is 7. The first-order chi connectivity index (χ1) is 15.3. The fraction of sp³-hybridized carbons (Fsp3) is 0.182. The predicted octanol–water partition coefficient (Wildman–Crippen LogP) is 1.03. The van der Waals surface area contributed by atoms with Crippen LogP contribution in [0.15, 0.2) is 64.2 Å². The Balaban J connectivity index is 1.77. The average Bonchev–Trinajstić information content (AvgIpc) is 2.77. The van der Waals surface area contributed by atoms with Crippen LogP contribution in [0.2, 0.25) is 0 Å². The van der Waals surface area contributed by atoms with Crippen molar-refractivity contribution >= 4 is 29.1 Å². The first kappa shape index (κ1) is 22.3. The van der Waals surface area contributed by atoms with E-state index in [1.54, 1.807) is 12.1 Å². The first-order valence-corrected chi connectivity index (χ1v) is 9.66. The average molecular weight is 437 g/mol. The normalized spacial score (nSPS) is 10.4. The van der Waals surface area contributed by atoms with Gasteiger partial charge in [0.05, 0.1) is 25.8 Å². The second-order valence-electron chi connectivity index (χ2n) is 7.04. The highest BCUT2D eigenvalue weighted by Gasteiger charge is 2.18. The zero-order valence-electron chi connectivity index (χ0n) is 17.6. The summed E-state index contributed by atoms with van der Waals surface area (Å²) in [5.74, 6) is -0.943. The number of likely N-dealkylation sites (N-methyl/N-ethyl adjacent to an activating group) is 1. The molecule has 0 atom stereocenters. The van der Waals surface area contributed by atoms with Crippen molar-refractivity contribution in [2.24, 2.45) is 0 Å². The van der Waals surface area contributed by atoms with Crippen LogP contribution in [0.1, 0.15) is 15.9 Å². The number of esters is 1. The Morgan fingerprint density at radius 1 is 1.09 bits per heavy atom.